The van der Waals surface area contributed by atoms with Crippen LogP contribution in [0.4, 0.5) is 0 Å². The number of nitrogens with one attached hydrogen (secondary N) is 1. The summed E-state index contributed by atoms with van der Waals surface area (Å²) in [5.74, 6) is 1.16. The lowest BCUT2D eigenvalue weighted by Gasteiger charge is -2.30. The maximum absolute atomic E-state index is 11.9. The van der Waals surface area contributed by atoms with Gasteiger partial charge in [0.15, 0.2) is 0 Å². The van der Waals surface area contributed by atoms with Gasteiger partial charge in [-0.2, -0.15) is 0 Å². The number of nitrogens with zero attached hydrogens (tertiary/aromatic N) is 1. The van der Waals surface area contributed by atoms with Gasteiger partial charge in [0.25, 0.3) is 0 Å². The minimum Gasteiger partial charge on any atom is -0.396 e. The van der Waals surface area contributed by atoms with Crippen molar-refractivity contribution in [2.24, 2.45) is 11.8 Å². The van der Waals surface area contributed by atoms with Crippen molar-refractivity contribution >= 4 is 5.91 Å². The molecule has 0 aromatic heterocycles. The number of likely N-dealkylation sites (tertiary alicyclic amines) is 1. The smallest absolute Gasteiger partial charge is 0.234 e. The number of aliphatic hydroxyl groups is 1. The fourth-order valence-corrected chi connectivity index (χ4v) is 3.52. The standard InChI is InChI=1S/C17H32N2O3/c1-14-4-2-3-5-16(14)22-11-8-18-17(21)12-19-9-6-15(13-20)7-10-19/h14-16,20H,2-13H2,1H3,(H,18,21). The highest BCUT2D eigenvalue weighted by Crippen LogP contribution is 2.25. The number of ether oxygens (including phenoxy) is 1. The molecular weight excluding hydrogens is 280 g/mol. The van der Waals surface area contributed by atoms with Crippen molar-refractivity contribution in [3.05, 3.63) is 0 Å². The molecule has 0 aromatic carbocycles. The first-order valence-electron chi connectivity index (χ1n) is 8.90. The van der Waals surface area contributed by atoms with E-state index in [0.717, 1.165) is 32.4 Å². The molecule has 0 bridgehead atoms. The van der Waals surface area contributed by atoms with Crippen LogP contribution < -0.4 is 5.32 Å². The van der Waals surface area contributed by atoms with E-state index < -0.39 is 0 Å². The van der Waals surface area contributed by atoms with E-state index in [0.29, 0.717) is 37.6 Å². The van der Waals surface area contributed by atoms with Crippen molar-refractivity contribution in [3.63, 3.8) is 0 Å². The second-order valence-corrected chi connectivity index (χ2v) is 6.92. The van der Waals surface area contributed by atoms with E-state index in [9.17, 15) is 4.79 Å². The third kappa shape index (κ3) is 5.86. The maximum Gasteiger partial charge on any atom is 0.234 e. The third-order valence-corrected chi connectivity index (χ3v) is 5.12. The lowest BCUT2D eigenvalue weighted by atomic mass is 9.88. The molecule has 1 amide bonds. The number of piperidine rings is 1. The van der Waals surface area contributed by atoms with Gasteiger partial charge in [-0.1, -0.05) is 19.8 Å². The Bertz CT molecular complexity index is 330. The number of rotatable bonds is 7. The van der Waals surface area contributed by atoms with E-state index in [1.807, 2.05) is 0 Å². The molecule has 2 rings (SSSR count). The molecule has 0 spiro atoms. The Morgan fingerprint density at radius 3 is 2.64 bits per heavy atom. The van der Waals surface area contributed by atoms with E-state index in [4.69, 9.17) is 9.84 Å². The zero-order valence-corrected chi connectivity index (χ0v) is 13.9. The molecular formula is C17H32N2O3. The lowest BCUT2D eigenvalue weighted by molar-refractivity contribution is -0.123. The van der Waals surface area contributed by atoms with Gasteiger partial charge in [0.05, 0.1) is 19.3 Å². The van der Waals surface area contributed by atoms with Crippen LogP contribution in [0.5, 0.6) is 0 Å². The summed E-state index contributed by atoms with van der Waals surface area (Å²) < 4.78 is 5.91. The molecule has 2 fully saturated rings. The van der Waals surface area contributed by atoms with Crippen LogP contribution >= 0.6 is 0 Å². The minimum atomic E-state index is 0.0859. The Kier molecular flexibility index (Phi) is 7.63. The Morgan fingerprint density at radius 2 is 1.95 bits per heavy atom. The number of hydrogen-bond donors (Lipinski definition) is 2. The van der Waals surface area contributed by atoms with Crippen molar-refractivity contribution in [3.8, 4) is 0 Å². The summed E-state index contributed by atoms with van der Waals surface area (Å²) in [7, 11) is 0. The SMILES string of the molecule is CC1CCCCC1OCCNC(=O)CN1CCC(CO)CC1. The number of amides is 1. The topological polar surface area (TPSA) is 61.8 Å². The zero-order chi connectivity index (χ0) is 15.8. The monoisotopic (exact) mass is 312 g/mol. The Labute approximate surface area is 134 Å². The highest BCUT2D eigenvalue weighted by Gasteiger charge is 2.22. The molecule has 5 nitrogen and oxygen atoms in total. The predicted molar refractivity (Wildman–Crippen MR) is 86.6 cm³/mol. The van der Waals surface area contributed by atoms with Gasteiger partial charge >= 0.3 is 0 Å². The summed E-state index contributed by atoms with van der Waals surface area (Å²) >= 11 is 0. The van der Waals surface area contributed by atoms with Gasteiger partial charge in [-0.15, -0.1) is 0 Å². The molecule has 2 atom stereocenters. The van der Waals surface area contributed by atoms with E-state index in [1.54, 1.807) is 0 Å². The Morgan fingerprint density at radius 1 is 1.23 bits per heavy atom. The van der Waals surface area contributed by atoms with E-state index in [2.05, 4.69) is 17.1 Å². The molecule has 22 heavy (non-hydrogen) atoms. The number of hydrogen-bond acceptors (Lipinski definition) is 4. The van der Waals surface area contributed by atoms with Crippen LogP contribution in [0.15, 0.2) is 0 Å². The summed E-state index contributed by atoms with van der Waals surface area (Å²) in [5, 5.41) is 12.1. The molecule has 2 N–H and O–H groups in total. The third-order valence-electron chi connectivity index (χ3n) is 5.12. The lowest BCUT2D eigenvalue weighted by Crippen LogP contribution is -2.42. The molecule has 5 heteroatoms. The van der Waals surface area contributed by atoms with Gasteiger partial charge in [-0.05, 0) is 50.6 Å². The van der Waals surface area contributed by atoms with Gasteiger partial charge < -0.3 is 15.2 Å². The van der Waals surface area contributed by atoms with E-state index in [1.165, 1.54) is 19.3 Å². The minimum absolute atomic E-state index is 0.0859. The van der Waals surface area contributed by atoms with Gasteiger partial charge in [0.1, 0.15) is 0 Å². The van der Waals surface area contributed by atoms with Crippen LogP contribution in [0.3, 0.4) is 0 Å². The number of carbonyl (C=O) groups excluding carboxylic acids is 1. The van der Waals surface area contributed by atoms with Crippen molar-refractivity contribution in [2.45, 2.75) is 51.6 Å². The molecule has 1 saturated carbocycles. The normalized spacial score (nSPS) is 27.7. The highest BCUT2D eigenvalue weighted by molar-refractivity contribution is 5.77. The molecule has 1 heterocycles. The largest absolute Gasteiger partial charge is 0.396 e. The van der Waals surface area contributed by atoms with Gasteiger partial charge in [-0.3, -0.25) is 9.69 Å². The molecule has 2 aliphatic rings. The second kappa shape index (κ2) is 9.48. The molecule has 128 valence electrons. The number of aliphatic hydroxyl groups excluding tert-OH is 1. The van der Waals surface area contributed by atoms with Crippen molar-refractivity contribution in [1.29, 1.82) is 0 Å². The van der Waals surface area contributed by atoms with Crippen LogP contribution in [0, 0.1) is 11.8 Å². The zero-order valence-electron chi connectivity index (χ0n) is 13.9. The van der Waals surface area contributed by atoms with Gasteiger partial charge in [0.2, 0.25) is 5.91 Å². The van der Waals surface area contributed by atoms with Crippen molar-refractivity contribution in [2.75, 3.05) is 39.4 Å². The van der Waals surface area contributed by atoms with Crippen LogP contribution in [0.25, 0.3) is 0 Å². The quantitative estimate of drug-likeness (QED) is 0.698. The van der Waals surface area contributed by atoms with Crippen LogP contribution in [0.1, 0.15) is 45.4 Å². The van der Waals surface area contributed by atoms with Crippen LogP contribution in [0.2, 0.25) is 0 Å². The van der Waals surface area contributed by atoms with Gasteiger partial charge in [0, 0.05) is 13.2 Å². The van der Waals surface area contributed by atoms with Crippen LogP contribution in [-0.4, -0.2) is 61.4 Å². The fourth-order valence-electron chi connectivity index (χ4n) is 3.52. The number of carbonyl (C=O) groups is 1. The summed E-state index contributed by atoms with van der Waals surface area (Å²) in [6.07, 6.45) is 7.38. The highest BCUT2D eigenvalue weighted by atomic mass is 16.5. The average molecular weight is 312 g/mol. The maximum atomic E-state index is 11.9. The first-order chi connectivity index (χ1) is 10.7. The first-order valence-corrected chi connectivity index (χ1v) is 8.90. The molecule has 2 unspecified atom stereocenters. The van der Waals surface area contributed by atoms with E-state index >= 15 is 0 Å². The summed E-state index contributed by atoms with van der Waals surface area (Å²) in [5.41, 5.74) is 0. The molecule has 1 aliphatic heterocycles. The molecule has 0 radical (unpaired) electrons. The van der Waals surface area contributed by atoms with E-state index in [-0.39, 0.29) is 12.5 Å². The van der Waals surface area contributed by atoms with Gasteiger partial charge in [-0.25, -0.2) is 0 Å². The summed E-state index contributed by atoms with van der Waals surface area (Å²) in [6, 6.07) is 0. The average Bonchev–Trinajstić information content (AvgIpc) is 2.54. The summed E-state index contributed by atoms with van der Waals surface area (Å²) in [6.45, 7) is 6.05. The molecule has 1 saturated heterocycles. The molecule has 0 aromatic rings. The Balaban J connectivity index is 1.52. The van der Waals surface area contributed by atoms with Crippen molar-refractivity contribution < 1.29 is 14.6 Å². The van der Waals surface area contributed by atoms with Crippen molar-refractivity contribution in [1.82, 2.24) is 10.2 Å². The van der Waals surface area contributed by atoms with Crippen LogP contribution in [-0.2, 0) is 9.53 Å². The predicted octanol–water partition coefficient (Wildman–Crippen LogP) is 1.40. The first kappa shape index (κ1) is 17.7. The Hall–Kier alpha value is -0.650. The molecule has 1 aliphatic carbocycles. The second-order valence-electron chi connectivity index (χ2n) is 6.92. The fraction of sp³-hybridized carbons (Fsp3) is 0.941. The summed E-state index contributed by atoms with van der Waals surface area (Å²) in [4.78, 5) is 14.1.